The molecule has 0 aliphatic carbocycles. The summed E-state index contributed by atoms with van der Waals surface area (Å²) in [4.78, 5) is 0. The maximum absolute atomic E-state index is 13.6. The van der Waals surface area contributed by atoms with Crippen molar-refractivity contribution < 1.29 is 13.7 Å². The second-order valence-electron chi connectivity index (χ2n) is 4.20. The van der Waals surface area contributed by atoms with Gasteiger partial charge in [0.05, 0.1) is 5.60 Å². The summed E-state index contributed by atoms with van der Waals surface area (Å²) in [6.45, 7) is 3.58. The second-order valence-corrected chi connectivity index (χ2v) is 13.3. The van der Waals surface area contributed by atoms with E-state index in [-0.39, 0.29) is 5.92 Å². The van der Waals surface area contributed by atoms with Crippen LogP contribution in [0, 0.1) is 5.92 Å². The molecule has 7 heteroatoms. The average Bonchev–Trinajstić information content (AvgIpc) is 2.38. The van der Waals surface area contributed by atoms with Crippen LogP contribution in [-0.4, -0.2) is 43.8 Å². The first-order chi connectivity index (χ1) is 6.86. The van der Waals surface area contributed by atoms with Crippen molar-refractivity contribution >= 4 is 36.2 Å². The lowest BCUT2D eigenvalue weighted by Gasteiger charge is -2.37. The summed E-state index contributed by atoms with van der Waals surface area (Å²) in [6.07, 6.45) is -1.11. The molecule has 2 fully saturated rings. The molecule has 0 aromatic heterocycles. The number of ether oxygens (including phenoxy) is 1. The first kappa shape index (κ1) is 12.3. The summed E-state index contributed by atoms with van der Waals surface area (Å²) in [7, 11) is 5.56. The van der Waals surface area contributed by atoms with E-state index in [1.54, 1.807) is 6.66 Å². The normalized spacial score (nSPS) is 56.1. The van der Waals surface area contributed by atoms with E-state index >= 15 is 0 Å². The van der Waals surface area contributed by atoms with Crippen molar-refractivity contribution in [2.45, 2.75) is 24.7 Å². The lowest BCUT2D eigenvalue weighted by Crippen LogP contribution is -2.42. The summed E-state index contributed by atoms with van der Waals surface area (Å²) in [5, 5.41) is 0. The SMILES string of the molecule is [B][C@@H]1OC2(CSP(C)(=O)SC2)[C@H](C)C1F. The van der Waals surface area contributed by atoms with Gasteiger partial charge in [0.2, 0.25) is 0 Å². The number of halogens is 1. The highest BCUT2D eigenvalue weighted by Gasteiger charge is 2.54. The predicted molar refractivity (Wildman–Crippen MR) is 65.9 cm³/mol. The van der Waals surface area contributed by atoms with E-state index in [9.17, 15) is 8.96 Å². The maximum Gasteiger partial charge on any atom is 0.188 e. The van der Waals surface area contributed by atoms with Crippen molar-refractivity contribution in [3.63, 3.8) is 0 Å². The maximum atomic E-state index is 13.6. The van der Waals surface area contributed by atoms with Crippen LogP contribution in [0.3, 0.4) is 0 Å². The smallest absolute Gasteiger partial charge is 0.188 e. The van der Waals surface area contributed by atoms with E-state index in [2.05, 4.69) is 0 Å². The molecule has 2 aliphatic heterocycles. The van der Waals surface area contributed by atoms with E-state index in [1.807, 2.05) is 6.92 Å². The lowest BCUT2D eigenvalue weighted by molar-refractivity contribution is 0.00725. The van der Waals surface area contributed by atoms with Gasteiger partial charge in [-0.1, -0.05) is 29.7 Å². The largest absolute Gasteiger partial charge is 0.376 e. The first-order valence-electron chi connectivity index (χ1n) is 4.80. The van der Waals surface area contributed by atoms with Gasteiger partial charge in [-0.3, -0.25) is 0 Å². The molecule has 15 heavy (non-hydrogen) atoms. The van der Waals surface area contributed by atoms with Crippen LogP contribution in [0.1, 0.15) is 6.92 Å². The molecule has 3 atom stereocenters. The zero-order chi connectivity index (χ0) is 11.3. The molecule has 2 heterocycles. The molecule has 0 N–H and O–H groups in total. The molecule has 0 bridgehead atoms. The molecule has 0 amide bonds. The Morgan fingerprint density at radius 3 is 2.47 bits per heavy atom. The van der Waals surface area contributed by atoms with Gasteiger partial charge in [0.15, 0.2) is 5.55 Å². The van der Waals surface area contributed by atoms with Gasteiger partial charge in [0.1, 0.15) is 14.0 Å². The third-order valence-corrected chi connectivity index (χ3v) is 10.7. The molecule has 2 radical (unpaired) electrons. The van der Waals surface area contributed by atoms with Crippen LogP contribution < -0.4 is 0 Å². The van der Waals surface area contributed by atoms with Crippen LogP contribution in [0.4, 0.5) is 4.39 Å². The molecule has 2 aliphatic rings. The highest BCUT2D eigenvalue weighted by Crippen LogP contribution is 2.71. The van der Waals surface area contributed by atoms with Gasteiger partial charge < -0.3 is 9.30 Å². The molecular weight excluding hydrogens is 253 g/mol. The van der Waals surface area contributed by atoms with Gasteiger partial charge in [0, 0.05) is 30.1 Å². The highest BCUT2D eigenvalue weighted by atomic mass is 33.1. The van der Waals surface area contributed by atoms with Crippen molar-refractivity contribution in [2.75, 3.05) is 18.2 Å². The fourth-order valence-electron chi connectivity index (χ4n) is 1.88. The van der Waals surface area contributed by atoms with Crippen molar-refractivity contribution in [2.24, 2.45) is 5.92 Å². The third-order valence-electron chi connectivity index (χ3n) is 3.08. The summed E-state index contributed by atoms with van der Waals surface area (Å²) >= 11 is 2.79. The van der Waals surface area contributed by atoms with Gasteiger partial charge in [0.25, 0.3) is 0 Å². The monoisotopic (exact) mass is 266 g/mol. The summed E-state index contributed by atoms with van der Waals surface area (Å²) in [5.74, 6) is 0.958. The Morgan fingerprint density at radius 2 is 2.07 bits per heavy atom. The van der Waals surface area contributed by atoms with Gasteiger partial charge >= 0.3 is 0 Å². The van der Waals surface area contributed by atoms with Crippen molar-refractivity contribution in [3.8, 4) is 0 Å². The van der Waals surface area contributed by atoms with Crippen molar-refractivity contribution in [1.29, 1.82) is 0 Å². The van der Waals surface area contributed by atoms with E-state index < -0.39 is 23.3 Å². The Labute approximate surface area is 98.7 Å². The molecule has 0 saturated carbocycles. The van der Waals surface area contributed by atoms with Gasteiger partial charge in [-0.2, -0.15) is 0 Å². The van der Waals surface area contributed by atoms with E-state index in [4.69, 9.17) is 12.6 Å². The van der Waals surface area contributed by atoms with E-state index in [0.717, 1.165) is 0 Å². The van der Waals surface area contributed by atoms with E-state index in [1.165, 1.54) is 22.8 Å². The fourth-order valence-corrected chi connectivity index (χ4v) is 8.42. The second kappa shape index (κ2) is 3.97. The topological polar surface area (TPSA) is 26.3 Å². The van der Waals surface area contributed by atoms with Gasteiger partial charge in [-0.15, -0.1) is 0 Å². The molecule has 0 aromatic carbocycles. The molecule has 2 nitrogen and oxygen atoms in total. The van der Waals surface area contributed by atoms with Crippen LogP contribution >= 0.6 is 28.3 Å². The van der Waals surface area contributed by atoms with Crippen LogP contribution in [0.5, 0.6) is 0 Å². The Morgan fingerprint density at radius 1 is 1.53 bits per heavy atom. The Hall–Kier alpha value is 0.885. The summed E-state index contributed by atoms with van der Waals surface area (Å²) in [6, 6.07) is -0.824. The Balaban J connectivity index is 2.14. The lowest BCUT2D eigenvalue weighted by atomic mass is 9.85. The van der Waals surface area contributed by atoms with Gasteiger partial charge in [-0.05, 0) is 0 Å². The fraction of sp³-hybridized carbons (Fsp3) is 1.00. The number of hydrogen-bond acceptors (Lipinski definition) is 4. The zero-order valence-electron chi connectivity index (χ0n) is 8.68. The quantitative estimate of drug-likeness (QED) is 0.497. The van der Waals surface area contributed by atoms with Crippen LogP contribution in [0.15, 0.2) is 0 Å². The van der Waals surface area contributed by atoms with Crippen LogP contribution in [0.25, 0.3) is 0 Å². The average molecular weight is 266 g/mol. The summed E-state index contributed by atoms with van der Waals surface area (Å²) in [5.41, 5.74) is -2.66. The van der Waals surface area contributed by atoms with E-state index in [0.29, 0.717) is 11.5 Å². The molecule has 0 aromatic rings. The standard InChI is InChI=1S/C8H13BFO2PS2/c1-5-6(10)7(9)12-8(5)3-14-13(2,11)15-4-8/h5-7H,3-4H2,1-2H3/t5-,6?,7-,8?,13?/m1/s1. The zero-order valence-corrected chi connectivity index (χ0v) is 11.2. The number of hydrogen-bond donors (Lipinski definition) is 0. The molecule has 84 valence electrons. The third kappa shape index (κ3) is 2.15. The first-order valence-corrected chi connectivity index (χ1v) is 10.1. The van der Waals surface area contributed by atoms with Crippen LogP contribution in [-0.2, 0) is 9.30 Å². The minimum Gasteiger partial charge on any atom is -0.376 e. The molecule has 2 saturated heterocycles. The number of alkyl halides is 1. The minimum atomic E-state index is -2.14. The van der Waals surface area contributed by atoms with Gasteiger partial charge in [-0.25, -0.2) is 4.39 Å². The summed E-state index contributed by atoms with van der Waals surface area (Å²) < 4.78 is 30.9. The Kier molecular flexibility index (Phi) is 3.27. The molecule has 1 spiro atoms. The van der Waals surface area contributed by atoms with Crippen molar-refractivity contribution in [3.05, 3.63) is 0 Å². The van der Waals surface area contributed by atoms with Crippen LogP contribution in [0.2, 0.25) is 0 Å². The molecule has 1 unspecified atom stereocenters. The number of rotatable bonds is 0. The minimum absolute atomic E-state index is 0.215. The molecular formula is C8H13BFO2PS2. The Bertz CT molecular complexity index is 305. The van der Waals surface area contributed by atoms with Crippen molar-refractivity contribution in [1.82, 2.24) is 0 Å². The predicted octanol–water partition coefficient (Wildman–Crippen LogP) is 2.53. The molecule has 2 rings (SSSR count). The highest BCUT2D eigenvalue weighted by molar-refractivity contribution is 8.90.